The molecule has 1 fully saturated rings. The molecule has 8 nitrogen and oxygen atoms in total. The van der Waals surface area contributed by atoms with Crippen molar-refractivity contribution in [1.82, 2.24) is 14.7 Å². The highest BCUT2D eigenvalue weighted by Gasteiger charge is 2.25. The number of amides is 1. The predicted molar refractivity (Wildman–Crippen MR) is 88.8 cm³/mol. The summed E-state index contributed by atoms with van der Waals surface area (Å²) >= 11 is 0. The number of benzene rings is 1. The standard InChI is InChI=1S/C16H19N5O3/c1-19-15(14(10-17-19)21(23)24)16(22)18-13-6-4-12(5-7-13)11-20-8-2-3-9-20/h4-7,10H,2-3,8-9,11H2,1H3,(H,18,22). The molecule has 0 bridgehead atoms. The fraction of sp³-hybridized carbons (Fsp3) is 0.375. The number of likely N-dealkylation sites (tertiary alicyclic amines) is 1. The largest absolute Gasteiger partial charge is 0.320 e. The van der Waals surface area contributed by atoms with Gasteiger partial charge in [0.25, 0.3) is 5.91 Å². The van der Waals surface area contributed by atoms with Crippen LogP contribution in [0.1, 0.15) is 28.9 Å². The lowest BCUT2D eigenvalue weighted by Crippen LogP contribution is -2.19. The first kappa shape index (κ1) is 16.1. The molecule has 0 saturated carbocycles. The Bertz CT molecular complexity index is 748. The van der Waals surface area contributed by atoms with E-state index in [4.69, 9.17) is 0 Å². The molecule has 1 aromatic heterocycles. The van der Waals surface area contributed by atoms with Gasteiger partial charge in [0.2, 0.25) is 5.69 Å². The number of carbonyl (C=O) groups is 1. The molecular weight excluding hydrogens is 310 g/mol. The van der Waals surface area contributed by atoms with Crippen molar-refractivity contribution in [1.29, 1.82) is 0 Å². The summed E-state index contributed by atoms with van der Waals surface area (Å²) in [5.41, 5.74) is 1.41. The predicted octanol–water partition coefficient (Wildman–Crippen LogP) is 2.18. The topological polar surface area (TPSA) is 93.3 Å². The number of carbonyl (C=O) groups excluding carboxylic acids is 1. The zero-order valence-corrected chi connectivity index (χ0v) is 13.4. The molecule has 1 aliphatic rings. The van der Waals surface area contributed by atoms with Crippen molar-refractivity contribution in [3.63, 3.8) is 0 Å². The van der Waals surface area contributed by atoms with Gasteiger partial charge in [-0.2, -0.15) is 5.10 Å². The van der Waals surface area contributed by atoms with E-state index in [9.17, 15) is 14.9 Å². The van der Waals surface area contributed by atoms with E-state index in [1.165, 1.54) is 30.1 Å². The van der Waals surface area contributed by atoms with E-state index in [0.29, 0.717) is 5.69 Å². The van der Waals surface area contributed by atoms with Crippen molar-refractivity contribution in [3.05, 3.63) is 51.8 Å². The number of anilines is 1. The smallest absolute Gasteiger partial charge is 0.320 e. The van der Waals surface area contributed by atoms with Crippen LogP contribution in [-0.2, 0) is 13.6 Å². The third-order valence-corrected chi connectivity index (χ3v) is 4.15. The van der Waals surface area contributed by atoms with Crippen LogP contribution in [-0.4, -0.2) is 38.6 Å². The lowest BCUT2D eigenvalue weighted by molar-refractivity contribution is -0.385. The van der Waals surface area contributed by atoms with Gasteiger partial charge in [0.15, 0.2) is 0 Å². The minimum absolute atomic E-state index is 0.0684. The summed E-state index contributed by atoms with van der Waals surface area (Å²) in [6, 6.07) is 7.55. The highest BCUT2D eigenvalue weighted by Crippen LogP contribution is 2.20. The van der Waals surface area contributed by atoms with Gasteiger partial charge < -0.3 is 5.32 Å². The summed E-state index contributed by atoms with van der Waals surface area (Å²) in [6.45, 7) is 3.16. The number of hydrogen-bond acceptors (Lipinski definition) is 5. The molecule has 1 amide bonds. The van der Waals surface area contributed by atoms with Crippen molar-refractivity contribution >= 4 is 17.3 Å². The molecule has 0 atom stereocenters. The van der Waals surface area contributed by atoms with Gasteiger partial charge in [-0.3, -0.25) is 24.5 Å². The van der Waals surface area contributed by atoms with E-state index in [2.05, 4.69) is 15.3 Å². The number of nitrogens with zero attached hydrogens (tertiary/aromatic N) is 4. The number of rotatable bonds is 5. The van der Waals surface area contributed by atoms with Gasteiger partial charge in [-0.1, -0.05) is 12.1 Å². The van der Waals surface area contributed by atoms with Crippen LogP contribution in [0.2, 0.25) is 0 Å². The van der Waals surface area contributed by atoms with Gasteiger partial charge in [0.05, 0.1) is 4.92 Å². The van der Waals surface area contributed by atoms with E-state index >= 15 is 0 Å². The number of hydrogen-bond donors (Lipinski definition) is 1. The lowest BCUT2D eigenvalue weighted by Gasteiger charge is -2.14. The average molecular weight is 329 g/mol. The maximum absolute atomic E-state index is 12.3. The molecule has 2 aromatic rings. The zero-order chi connectivity index (χ0) is 17.1. The Kier molecular flexibility index (Phi) is 4.57. The number of aromatic nitrogens is 2. The second-order valence-electron chi connectivity index (χ2n) is 5.89. The first-order valence-corrected chi connectivity index (χ1v) is 7.83. The Labute approximate surface area is 139 Å². The lowest BCUT2D eigenvalue weighted by atomic mass is 10.2. The molecule has 2 heterocycles. The van der Waals surface area contributed by atoms with Crippen LogP contribution in [0, 0.1) is 10.1 Å². The van der Waals surface area contributed by atoms with Crippen LogP contribution in [0.4, 0.5) is 11.4 Å². The molecule has 126 valence electrons. The minimum atomic E-state index is -0.610. The minimum Gasteiger partial charge on any atom is -0.320 e. The molecule has 0 radical (unpaired) electrons. The second-order valence-corrected chi connectivity index (χ2v) is 5.89. The number of nitrogens with one attached hydrogen (secondary N) is 1. The van der Waals surface area contributed by atoms with Gasteiger partial charge in [-0.25, -0.2) is 0 Å². The van der Waals surface area contributed by atoms with Crippen molar-refractivity contribution < 1.29 is 9.72 Å². The monoisotopic (exact) mass is 329 g/mol. The van der Waals surface area contributed by atoms with Gasteiger partial charge >= 0.3 is 5.69 Å². The summed E-state index contributed by atoms with van der Waals surface area (Å²) in [7, 11) is 1.50. The van der Waals surface area contributed by atoms with E-state index in [1.54, 1.807) is 0 Å². The van der Waals surface area contributed by atoms with Crippen molar-refractivity contribution in [3.8, 4) is 0 Å². The van der Waals surface area contributed by atoms with E-state index in [-0.39, 0.29) is 11.4 Å². The fourth-order valence-corrected chi connectivity index (χ4v) is 2.91. The molecule has 0 aliphatic carbocycles. The van der Waals surface area contributed by atoms with Crippen molar-refractivity contribution in [2.45, 2.75) is 19.4 Å². The molecule has 1 saturated heterocycles. The van der Waals surface area contributed by atoms with Gasteiger partial charge in [0, 0.05) is 19.3 Å². The summed E-state index contributed by atoms with van der Waals surface area (Å²) in [5.74, 6) is -0.547. The molecule has 1 N–H and O–H groups in total. The Morgan fingerprint density at radius 3 is 2.58 bits per heavy atom. The Morgan fingerprint density at radius 2 is 1.96 bits per heavy atom. The van der Waals surface area contributed by atoms with E-state index in [0.717, 1.165) is 25.8 Å². The van der Waals surface area contributed by atoms with E-state index < -0.39 is 10.8 Å². The maximum Gasteiger partial charge on any atom is 0.320 e. The van der Waals surface area contributed by atoms with Crippen LogP contribution in [0.15, 0.2) is 30.5 Å². The molecule has 1 aliphatic heterocycles. The molecule has 0 spiro atoms. The first-order chi connectivity index (χ1) is 11.5. The average Bonchev–Trinajstić information content (AvgIpc) is 3.18. The summed E-state index contributed by atoms with van der Waals surface area (Å²) in [5, 5.41) is 17.4. The quantitative estimate of drug-likeness (QED) is 0.670. The fourth-order valence-electron chi connectivity index (χ4n) is 2.91. The van der Waals surface area contributed by atoms with Crippen LogP contribution in [0.3, 0.4) is 0 Å². The second kappa shape index (κ2) is 6.79. The van der Waals surface area contributed by atoms with Gasteiger partial charge in [-0.05, 0) is 43.6 Å². The van der Waals surface area contributed by atoms with E-state index in [1.807, 2.05) is 24.3 Å². The van der Waals surface area contributed by atoms with Gasteiger partial charge in [-0.15, -0.1) is 0 Å². The maximum atomic E-state index is 12.3. The van der Waals surface area contributed by atoms with Crippen LogP contribution in [0.5, 0.6) is 0 Å². The molecule has 1 aromatic carbocycles. The number of nitro groups is 1. The molecule has 3 rings (SSSR count). The first-order valence-electron chi connectivity index (χ1n) is 7.83. The Hall–Kier alpha value is -2.74. The Morgan fingerprint density at radius 1 is 1.29 bits per heavy atom. The third-order valence-electron chi connectivity index (χ3n) is 4.15. The van der Waals surface area contributed by atoms with Crippen LogP contribution >= 0.6 is 0 Å². The molecule has 0 unspecified atom stereocenters. The summed E-state index contributed by atoms with van der Waals surface area (Å²) in [6.07, 6.45) is 3.57. The highest BCUT2D eigenvalue weighted by atomic mass is 16.6. The van der Waals surface area contributed by atoms with Crippen LogP contribution < -0.4 is 5.32 Å². The van der Waals surface area contributed by atoms with Crippen molar-refractivity contribution in [2.24, 2.45) is 7.05 Å². The van der Waals surface area contributed by atoms with Crippen molar-refractivity contribution in [2.75, 3.05) is 18.4 Å². The molecule has 24 heavy (non-hydrogen) atoms. The van der Waals surface area contributed by atoms with Gasteiger partial charge in [0.1, 0.15) is 6.20 Å². The SMILES string of the molecule is Cn1ncc([N+](=O)[O-])c1C(=O)Nc1ccc(CN2CCCC2)cc1. The third kappa shape index (κ3) is 3.43. The normalized spacial score (nSPS) is 14.7. The zero-order valence-electron chi connectivity index (χ0n) is 13.4. The number of aryl methyl sites for hydroxylation is 1. The molecule has 8 heteroatoms. The Balaban J connectivity index is 1.68. The summed E-state index contributed by atoms with van der Waals surface area (Å²) in [4.78, 5) is 25.1. The van der Waals surface area contributed by atoms with Crippen LogP contribution in [0.25, 0.3) is 0 Å². The highest BCUT2D eigenvalue weighted by molar-refractivity contribution is 6.05. The summed E-state index contributed by atoms with van der Waals surface area (Å²) < 4.78 is 1.20. The molecular formula is C16H19N5O3.